The summed E-state index contributed by atoms with van der Waals surface area (Å²) in [5.74, 6) is -0.809. The monoisotopic (exact) mass is 316 g/mol. The van der Waals surface area contributed by atoms with Gasteiger partial charge in [-0.3, -0.25) is 4.79 Å². The Morgan fingerprint density at radius 1 is 1.38 bits per heavy atom. The Balaban J connectivity index is 2.82. The molecule has 118 valence electrons. The molecule has 0 radical (unpaired) electrons. The Morgan fingerprint density at radius 2 is 2.10 bits per heavy atom. The molecule has 0 aliphatic rings. The number of nitrogens with one attached hydrogen (secondary N) is 1. The summed E-state index contributed by atoms with van der Waals surface area (Å²) < 4.78 is 15.1. The van der Waals surface area contributed by atoms with E-state index in [9.17, 15) is 9.59 Å². The van der Waals surface area contributed by atoms with Crippen LogP contribution in [-0.4, -0.2) is 56.8 Å². The molecule has 1 N–H and O–H groups in total. The number of anilines is 1. The summed E-state index contributed by atoms with van der Waals surface area (Å²) in [6.07, 6.45) is -0.147. The maximum absolute atomic E-state index is 11.8. The normalized spacial score (nSPS) is 12.0. The molecular formula is C13H20N2O5S. The van der Waals surface area contributed by atoms with Crippen molar-refractivity contribution in [1.82, 2.24) is 4.98 Å². The maximum atomic E-state index is 11.8. The first-order valence-corrected chi connectivity index (χ1v) is 7.29. The minimum Gasteiger partial charge on any atom is -0.461 e. The summed E-state index contributed by atoms with van der Waals surface area (Å²) in [5.41, 5.74) is 0.0533. The van der Waals surface area contributed by atoms with Gasteiger partial charge in [-0.05, 0) is 6.92 Å². The first kappa shape index (κ1) is 17.5. The Labute approximate surface area is 127 Å². The van der Waals surface area contributed by atoms with Gasteiger partial charge in [0, 0.05) is 27.7 Å². The molecule has 0 amide bonds. The van der Waals surface area contributed by atoms with Crippen LogP contribution < -0.4 is 5.32 Å². The molecule has 1 aromatic rings. The fraction of sp³-hybridized carbons (Fsp3) is 0.615. The Morgan fingerprint density at radius 3 is 2.62 bits per heavy atom. The lowest BCUT2D eigenvalue weighted by atomic mass is 10.3. The van der Waals surface area contributed by atoms with E-state index in [1.165, 1.54) is 6.92 Å². The van der Waals surface area contributed by atoms with Gasteiger partial charge < -0.3 is 19.5 Å². The van der Waals surface area contributed by atoms with E-state index in [1.54, 1.807) is 21.1 Å². The van der Waals surface area contributed by atoms with Crippen LogP contribution in [0.2, 0.25) is 0 Å². The maximum Gasteiger partial charge on any atom is 0.358 e. The van der Waals surface area contributed by atoms with Crippen molar-refractivity contribution in [2.45, 2.75) is 20.0 Å². The van der Waals surface area contributed by atoms with E-state index < -0.39 is 5.97 Å². The van der Waals surface area contributed by atoms with Gasteiger partial charge in [-0.1, -0.05) is 11.3 Å². The van der Waals surface area contributed by atoms with Crippen LogP contribution in [-0.2, 0) is 14.2 Å². The topological polar surface area (TPSA) is 86.8 Å². The van der Waals surface area contributed by atoms with E-state index in [1.807, 2.05) is 0 Å². The molecule has 8 heteroatoms. The second kappa shape index (κ2) is 8.71. The number of rotatable bonds is 9. The number of nitrogens with zero attached hydrogens (tertiary/aromatic N) is 1. The van der Waals surface area contributed by atoms with E-state index in [2.05, 4.69) is 10.3 Å². The Kier molecular flexibility index (Phi) is 7.27. The molecule has 0 saturated carbocycles. The number of ketones is 1. The molecule has 21 heavy (non-hydrogen) atoms. The number of hydrogen-bond donors (Lipinski definition) is 1. The zero-order chi connectivity index (χ0) is 15.8. The van der Waals surface area contributed by atoms with Crippen LogP contribution in [0.1, 0.15) is 34.0 Å². The SMILES string of the molecule is CCOC(=O)c1nc(NCC(COC)OC)sc1C(C)=O. The van der Waals surface area contributed by atoms with Gasteiger partial charge in [-0.15, -0.1) is 0 Å². The van der Waals surface area contributed by atoms with Gasteiger partial charge in [0.15, 0.2) is 16.6 Å². The zero-order valence-electron chi connectivity index (χ0n) is 12.6. The Hall–Kier alpha value is -1.51. The van der Waals surface area contributed by atoms with Crippen molar-refractivity contribution in [1.29, 1.82) is 0 Å². The minimum atomic E-state index is -0.591. The summed E-state index contributed by atoms with van der Waals surface area (Å²) in [6, 6.07) is 0. The van der Waals surface area contributed by atoms with Crippen LogP contribution >= 0.6 is 11.3 Å². The van der Waals surface area contributed by atoms with Gasteiger partial charge in [-0.25, -0.2) is 9.78 Å². The van der Waals surface area contributed by atoms with Gasteiger partial charge in [-0.2, -0.15) is 0 Å². The number of ether oxygens (including phenoxy) is 3. The van der Waals surface area contributed by atoms with E-state index in [0.29, 0.717) is 18.3 Å². The van der Waals surface area contributed by atoms with Crippen molar-refractivity contribution in [2.24, 2.45) is 0 Å². The third-order valence-corrected chi connectivity index (χ3v) is 3.70. The van der Waals surface area contributed by atoms with Crippen molar-refractivity contribution < 1.29 is 23.8 Å². The Bertz CT molecular complexity index is 489. The fourth-order valence-electron chi connectivity index (χ4n) is 1.57. The molecule has 1 atom stereocenters. The molecule has 1 aromatic heterocycles. The summed E-state index contributed by atoms with van der Waals surface area (Å²) in [4.78, 5) is 27.8. The highest BCUT2D eigenvalue weighted by atomic mass is 32.1. The zero-order valence-corrected chi connectivity index (χ0v) is 13.4. The molecule has 0 aromatic carbocycles. The molecule has 1 rings (SSSR count). The highest BCUT2D eigenvalue weighted by Crippen LogP contribution is 2.24. The summed E-state index contributed by atoms with van der Waals surface area (Å²) in [6.45, 7) is 4.21. The lowest BCUT2D eigenvalue weighted by Gasteiger charge is -2.14. The standard InChI is InChI=1S/C13H20N2O5S/c1-5-20-12(17)10-11(8(2)16)21-13(15-10)14-6-9(19-4)7-18-3/h9H,5-7H2,1-4H3,(H,14,15). The average Bonchev–Trinajstić information content (AvgIpc) is 2.88. The number of carbonyl (C=O) groups excluding carboxylic acids is 2. The lowest BCUT2D eigenvalue weighted by molar-refractivity contribution is 0.0365. The molecule has 0 saturated heterocycles. The third kappa shape index (κ3) is 5.07. The van der Waals surface area contributed by atoms with E-state index in [-0.39, 0.29) is 29.1 Å². The van der Waals surface area contributed by atoms with Crippen molar-refractivity contribution in [2.75, 3.05) is 39.3 Å². The van der Waals surface area contributed by atoms with E-state index in [0.717, 1.165) is 11.3 Å². The van der Waals surface area contributed by atoms with Crippen molar-refractivity contribution in [3.05, 3.63) is 10.6 Å². The van der Waals surface area contributed by atoms with Crippen LogP contribution in [0, 0.1) is 0 Å². The molecule has 0 spiro atoms. The van der Waals surface area contributed by atoms with E-state index in [4.69, 9.17) is 14.2 Å². The number of aromatic nitrogens is 1. The second-order valence-electron chi connectivity index (χ2n) is 4.17. The molecule has 1 heterocycles. The highest BCUT2D eigenvalue weighted by Gasteiger charge is 2.22. The van der Waals surface area contributed by atoms with Crippen LogP contribution in [0.25, 0.3) is 0 Å². The van der Waals surface area contributed by atoms with Crippen LogP contribution in [0.4, 0.5) is 5.13 Å². The predicted molar refractivity (Wildman–Crippen MR) is 79.2 cm³/mol. The minimum absolute atomic E-state index is 0.0533. The summed E-state index contributed by atoms with van der Waals surface area (Å²) in [5, 5.41) is 3.51. The second-order valence-corrected chi connectivity index (χ2v) is 5.17. The largest absolute Gasteiger partial charge is 0.461 e. The third-order valence-electron chi connectivity index (χ3n) is 2.58. The number of carbonyl (C=O) groups is 2. The van der Waals surface area contributed by atoms with Crippen LogP contribution in [0.3, 0.4) is 0 Å². The molecule has 1 unspecified atom stereocenters. The van der Waals surface area contributed by atoms with Crippen molar-refractivity contribution in [3.8, 4) is 0 Å². The van der Waals surface area contributed by atoms with Gasteiger partial charge >= 0.3 is 5.97 Å². The van der Waals surface area contributed by atoms with Crippen LogP contribution in [0.5, 0.6) is 0 Å². The molecule has 7 nitrogen and oxygen atoms in total. The van der Waals surface area contributed by atoms with Gasteiger partial charge in [0.2, 0.25) is 0 Å². The fourth-order valence-corrected chi connectivity index (χ4v) is 2.42. The number of thiazole rings is 1. The van der Waals surface area contributed by atoms with Crippen LogP contribution in [0.15, 0.2) is 0 Å². The first-order chi connectivity index (χ1) is 10.0. The number of hydrogen-bond acceptors (Lipinski definition) is 8. The molecular weight excluding hydrogens is 296 g/mol. The smallest absolute Gasteiger partial charge is 0.358 e. The number of Topliss-reactive ketones (excluding diaryl/α,β-unsaturated/α-hetero) is 1. The molecule has 0 aliphatic carbocycles. The summed E-state index contributed by atoms with van der Waals surface area (Å²) >= 11 is 1.12. The van der Waals surface area contributed by atoms with Gasteiger partial charge in [0.05, 0.1) is 19.3 Å². The number of esters is 1. The lowest BCUT2D eigenvalue weighted by Crippen LogP contribution is -2.26. The molecule has 0 bridgehead atoms. The van der Waals surface area contributed by atoms with Gasteiger partial charge in [0.1, 0.15) is 4.88 Å². The molecule has 0 fully saturated rings. The average molecular weight is 316 g/mol. The highest BCUT2D eigenvalue weighted by molar-refractivity contribution is 7.17. The quantitative estimate of drug-likeness (QED) is 0.547. The van der Waals surface area contributed by atoms with Crippen molar-refractivity contribution in [3.63, 3.8) is 0 Å². The summed E-state index contributed by atoms with van der Waals surface area (Å²) in [7, 11) is 3.17. The number of methoxy groups -OCH3 is 2. The first-order valence-electron chi connectivity index (χ1n) is 6.47. The van der Waals surface area contributed by atoms with E-state index >= 15 is 0 Å². The predicted octanol–water partition coefficient (Wildman–Crippen LogP) is 1.60. The van der Waals surface area contributed by atoms with Crippen molar-refractivity contribution >= 4 is 28.2 Å². The molecule has 0 aliphatic heterocycles. The van der Waals surface area contributed by atoms with Gasteiger partial charge in [0.25, 0.3) is 0 Å².